The van der Waals surface area contributed by atoms with Crippen LogP contribution in [0.5, 0.6) is 5.75 Å². The summed E-state index contributed by atoms with van der Waals surface area (Å²) in [5.41, 5.74) is 2.62. The number of nitro groups is 1. The standard InChI is InChI=1S/C27H25NO7/c1-18-9-8-14-21-23(22(28(31)32)17-33-25(18)21)24(26(29)34-15-19-10-4-2-5-11-19)27(30)35-16-20-12-6-3-7-13-20/h2-14,22-24H,15-17H2,1H3. The molecule has 1 heterocycles. The summed E-state index contributed by atoms with van der Waals surface area (Å²) in [6.07, 6.45) is 0. The zero-order valence-electron chi connectivity index (χ0n) is 19.2. The van der Waals surface area contributed by atoms with E-state index in [-0.39, 0.29) is 19.8 Å². The fourth-order valence-electron chi connectivity index (χ4n) is 4.23. The van der Waals surface area contributed by atoms with Crippen molar-refractivity contribution >= 4 is 11.9 Å². The lowest BCUT2D eigenvalue weighted by Gasteiger charge is -2.32. The lowest BCUT2D eigenvalue weighted by molar-refractivity contribution is -0.531. The molecular formula is C27H25NO7. The van der Waals surface area contributed by atoms with Crippen molar-refractivity contribution in [2.75, 3.05) is 6.61 Å². The highest BCUT2D eigenvalue weighted by atomic mass is 16.6. The minimum atomic E-state index is -1.54. The lowest BCUT2D eigenvalue weighted by atomic mass is 9.78. The van der Waals surface area contributed by atoms with Crippen LogP contribution in [0.3, 0.4) is 0 Å². The SMILES string of the molecule is Cc1cccc2c1OCC([N+](=O)[O-])C2C(C(=O)OCc1ccccc1)C(=O)OCc1ccccc1. The minimum absolute atomic E-state index is 0.0742. The monoisotopic (exact) mass is 475 g/mol. The van der Waals surface area contributed by atoms with Crippen LogP contribution in [0.2, 0.25) is 0 Å². The number of benzene rings is 3. The topological polar surface area (TPSA) is 105 Å². The van der Waals surface area contributed by atoms with E-state index < -0.39 is 34.7 Å². The van der Waals surface area contributed by atoms with Crippen LogP contribution in [0, 0.1) is 23.0 Å². The fourth-order valence-corrected chi connectivity index (χ4v) is 4.23. The molecule has 3 aromatic rings. The summed E-state index contributed by atoms with van der Waals surface area (Å²) in [5, 5.41) is 12.0. The van der Waals surface area contributed by atoms with E-state index in [1.165, 1.54) is 0 Å². The molecule has 0 radical (unpaired) electrons. The van der Waals surface area contributed by atoms with Crippen LogP contribution < -0.4 is 4.74 Å². The molecule has 180 valence electrons. The number of para-hydroxylation sites is 1. The maximum atomic E-state index is 13.3. The van der Waals surface area contributed by atoms with Crippen molar-refractivity contribution in [3.63, 3.8) is 0 Å². The summed E-state index contributed by atoms with van der Waals surface area (Å²) in [6.45, 7) is 1.38. The molecular weight excluding hydrogens is 450 g/mol. The molecule has 3 aromatic carbocycles. The van der Waals surface area contributed by atoms with E-state index >= 15 is 0 Å². The molecule has 8 nitrogen and oxygen atoms in total. The van der Waals surface area contributed by atoms with Gasteiger partial charge in [-0.25, -0.2) is 0 Å². The summed E-state index contributed by atoms with van der Waals surface area (Å²) >= 11 is 0. The van der Waals surface area contributed by atoms with Crippen LogP contribution in [0.25, 0.3) is 0 Å². The normalized spacial score (nSPS) is 16.6. The molecule has 0 bridgehead atoms. The average Bonchev–Trinajstić information content (AvgIpc) is 2.88. The van der Waals surface area contributed by atoms with E-state index in [9.17, 15) is 19.7 Å². The van der Waals surface area contributed by atoms with E-state index in [1.54, 1.807) is 73.7 Å². The molecule has 0 fully saturated rings. The third-order valence-electron chi connectivity index (χ3n) is 6.00. The lowest BCUT2D eigenvalue weighted by Crippen LogP contribution is -2.46. The predicted octanol–water partition coefficient (Wildman–Crippen LogP) is 4.22. The molecule has 0 saturated heterocycles. The highest BCUT2D eigenvalue weighted by Gasteiger charge is 2.51. The molecule has 0 aliphatic carbocycles. The van der Waals surface area contributed by atoms with Gasteiger partial charge >= 0.3 is 11.9 Å². The number of carbonyl (C=O) groups is 2. The minimum Gasteiger partial charge on any atom is -0.486 e. The van der Waals surface area contributed by atoms with Crippen LogP contribution in [-0.2, 0) is 32.3 Å². The maximum absolute atomic E-state index is 13.3. The molecule has 4 rings (SSSR count). The van der Waals surface area contributed by atoms with Gasteiger partial charge in [-0.1, -0.05) is 78.9 Å². The number of fused-ring (bicyclic) bond motifs is 1. The molecule has 0 N–H and O–H groups in total. The maximum Gasteiger partial charge on any atom is 0.321 e. The first kappa shape index (κ1) is 23.9. The van der Waals surface area contributed by atoms with Crippen LogP contribution >= 0.6 is 0 Å². The van der Waals surface area contributed by atoms with Gasteiger partial charge in [-0.2, -0.15) is 0 Å². The molecule has 1 aliphatic heterocycles. The number of aryl methyl sites for hydroxylation is 1. The zero-order valence-corrected chi connectivity index (χ0v) is 19.2. The third kappa shape index (κ3) is 5.48. The Morgan fingerprint density at radius 3 is 1.97 bits per heavy atom. The summed E-state index contributed by atoms with van der Waals surface area (Å²) in [7, 11) is 0. The van der Waals surface area contributed by atoms with Crippen LogP contribution in [0.15, 0.2) is 78.9 Å². The van der Waals surface area contributed by atoms with Crippen molar-refractivity contribution in [3.8, 4) is 5.75 Å². The predicted molar refractivity (Wildman–Crippen MR) is 126 cm³/mol. The van der Waals surface area contributed by atoms with Gasteiger partial charge in [0.05, 0.1) is 5.92 Å². The van der Waals surface area contributed by atoms with Gasteiger partial charge in [-0.05, 0) is 23.6 Å². The average molecular weight is 475 g/mol. The second kappa shape index (κ2) is 10.8. The Balaban J connectivity index is 1.67. The number of carbonyl (C=O) groups excluding carboxylic acids is 2. The zero-order chi connectivity index (χ0) is 24.8. The Hall–Kier alpha value is -4.20. The van der Waals surface area contributed by atoms with E-state index in [2.05, 4.69) is 0 Å². The fraction of sp³-hybridized carbons (Fsp3) is 0.259. The molecule has 0 saturated carbocycles. The molecule has 35 heavy (non-hydrogen) atoms. The first-order chi connectivity index (χ1) is 17.0. The summed E-state index contributed by atoms with van der Waals surface area (Å²) in [4.78, 5) is 38.2. The van der Waals surface area contributed by atoms with Crippen molar-refractivity contribution in [2.45, 2.75) is 32.1 Å². The molecule has 2 unspecified atom stereocenters. The molecule has 2 atom stereocenters. The first-order valence-corrected chi connectivity index (χ1v) is 11.2. The quantitative estimate of drug-likeness (QED) is 0.208. The summed E-state index contributed by atoms with van der Waals surface area (Å²) in [5.74, 6) is -3.97. The Kier molecular flexibility index (Phi) is 7.40. The van der Waals surface area contributed by atoms with Crippen LogP contribution in [-0.4, -0.2) is 29.5 Å². The number of hydrogen-bond acceptors (Lipinski definition) is 7. The van der Waals surface area contributed by atoms with E-state index in [4.69, 9.17) is 14.2 Å². The van der Waals surface area contributed by atoms with Gasteiger partial charge in [-0.3, -0.25) is 19.7 Å². The van der Waals surface area contributed by atoms with Gasteiger partial charge in [0.1, 0.15) is 19.0 Å². The third-order valence-corrected chi connectivity index (χ3v) is 6.00. The smallest absolute Gasteiger partial charge is 0.321 e. The van der Waals surface area contributed by atoms with Gasteiger partial charge in [0.15, 0.2) is 12.5 Å². The Morgan fingerprint density at radius 1 is 0.914 bits per heavy atom. The van der Waals surface area contributed by atoms with Gasteiger partial charge < -0.3 is 14.2 Å². The molecule has 8 heteroatoms. The molecule has 0 aromatic heterocycles. The number of rotatable bonds is 8. The van der Waals surface area contributed by atoms with Crippen molar-refractivity contribution in [2.24, 2.45) is 5.92 Å². The number of ether oxygens (including phenoxy) is 3. The van der Waals surface area contributed by atoms with Gasteiger partial charge in [0.25, 0.3) is 6.04 Å². The first-order valence-electron chi connectivity index (χ1n) is 11.2. The summed E-state index contributed by atoms with van der Waals surface area (Å²) in [6, 6.07) is 21.8. The summed E-state index contributed by atoms with van der Waals surface area (Å²) < 4.78 is 16.7. The van der Waals surface area contributed by atoms with Crippen LogP contribution in [0.4, 0.5) is 0 Å². The van der Waals surface area contributed by atoms with Crippen molar-refractivity contribution in [3.05, 3.63) is 111 Å². The second-order valence-corrected chi connectivity index (χ2v) is 8.35. The van der Waals surface area contributed by atoms with E-state index in [1.807, 2.05) is 12.1 Å². The number of esters is 2. The van der Waals surface area contributed by atoms with Crippen LogP contribution in [0.1, 0.15) is 28.2 Å². The largest absolute Gasteiger partial charge is 0.486 e. The highest BCUT2D eigenvalue weighted by Crippen LogP contribution is 2.42. The molecule has 0 amide bonds. The Labute approximate surface area is 202 Å². The Morgan fingerprint density at radius 2 is 1.46 bits per heavy atom. The van der Waals surface area contributed by atoms with Gasteiger partial charge in [-0.15, -0.1) is 0 Å². The highest BCUT2D eigenvalue weighted by molar-refractivity contribution is 5.96. The molecule has 0 spiro atoms. The van der Waals surface area contributed by atoms with Crippen molar-refractivity contribution in [1.82, 2.24) is 0 Å². The number of nitrogens with zero attached hydrogens (tertiary/aromatic N) is 1. The second-order valence-electron chi connectivity index (χ2n) is 8.35. The van der Waals surface area contributed by atoms with E-state index in [0.717, 1.165) is 16.7 Å². The Bertz CT molecular complexity index is 1140. The van der Waals surface area contributed by atoms with Gasteiger partial charge in [0.2, 0.25) is 0 Å². The van der Waals surface area contributed by atoms with Crippen molar-refractivity contribution < 1.29 is 28.7 Å². The van der Waals surface area contributed by atoms with Gasteiger partial charge in [0, 0.05) is 10.5 Å². The van der Waals surface area contributed by atoms with E-state index in [0.29, 0.717) is 11.3 Å². The van der Waals surface area contributed by atoms with Crippen molar-refractivity contribution in [1.29, 1.82) is 0 Å². The molecule has 1 aliphatic rings. The number of hydrogen-bond donors (Lipinski definition) is 0.